The normalized spacial score (nSPS) is 14.1. The van der Waals surface area contributed by atoms with E-state index in [0.29, 0.717) is 18.0 Å². The van der Waals surface area contributed by atoms with Gasteiger partial charge in [0.05, 0.1) is 6.54 Å². The predicted octanol–water partition coefficient (Wildman–Crippen LogP) is 2.73. The van der Waals surface area contributed by atoms with Gasteiger partial charge >= 0.3 is 0 Å². The summed E-state index contributed by atoms with van der Waals surface area (Å²) >= 11 is 5.95. The Morgan fingerprint density at radius 1 is 1.53 bits per heavy atom. The highest BCUT2D eigenvalue weighted by Crippen LogP contribution is 2.26. The topological polar surface area (TPSA) is 38.3 Å². The molecule has 1 unspecified atom stereocenters. The lowest BCUT2D eigenvalue weighted by Gasteiger charge is -2.29. The standard InChI is InChI=1S/C13H18ClNO2/c1-4-12(16)15-9-13(2,17-3)10-6-5-7-11(14)8-10/h5-8H,4,9H2,1-3H3,(H,15,16). The number of hydrogen-bond donors (Lipinski definition) is 1. The Hall–Kier alpha value is -1.06. The fourth-order valence-electron chi connectivity index (χ4n) is 1.50. The first-order valence-electron chi connectivity index (χ1n) is 5.59. The Bertz CT molecular complexity index is 395. The molecule has 0 aliphatic rings. The number of nitrogens with one attached hydrogen (secondary N) is 1. The molecule has 1 N–H and O–H groups in total. The zero-order chi connectivity index (χ0) is 12.9. The summed E-state index contributed by atoms with van der Waals surface area (Å²) in [6, 6.07) is 7.47. The van der Waals surface area contributed by atoms with Crippen molar-refractivity contribution >= 4 is 17.5 Å². The molecular weight excluding hydrogens is 238 g/mol. The second kappa shape index (κ2) is 6.03. The van der Waals surface area contributed by atoms with Crippen molar-refractivity contribution in [2.24, 2.45) is 0 Å². The maximum Gasteiger partial charge on any atom is 0.219 e. The van der Waals surface area contributed by atoms with Gasteiger partial charge in [-0.05, 0) is 24.6 Å². The van der Waals surface area contributed by atoms with E-state index in [0.717, 1.165) is 5.56 Å². The SMILES string of the molecule is CCC(=O)NCC(C)(OC)c1cccc(Cl)c1. The van der Waals surface area contributed by atoms with Crippen molar-refractivity contribution in [3.8, 4) is 0 Å². The number of carbonyl (C=O) groups excluding carboxylic acids is 1. The summed E-state index contributed by atoms with van der Waals surface area (Å²) in [5, 5.41) is 3.49. The van der Waals surface area contributed by atoms with Crippen LogP contribution in [0.5, 0.6) is 0 Å². The van der Waals surface area contributed by atoms with Gasteiger partial charge in [0.15, 0.2) is 0 Å². The molecule has 0 saturated carbocycles. The average Bonchev–Trinajstić information content (AvgIpc) is 2.35. The third-order valence-corrected chi connectivity index (χ3v) is 3.06. The number of halogens is 1. The van der Waals surface area contributed by atoms with Crippen LogP contribution in [0.1, 0.15) is 25.8 Å². The second-order valence-electron chi connectivity index (χ2n) is 4.08. The summed E-state index contributed by atoms with van der Waals surface area (Å²) in [6.07, 6.45) is 0.468. The molecule has 0 heterocycles. The van der Waals surface area contributed by atoms with Crippen LogP contribution in [0.3, 0.4) is 0 Å². The third-order valence-electron chi connectivity index (χ3n) is 2.83. The number of hydrogen-bond acceptors (Lipinski definition) is 2. The zero-order valence-corrected chi connectivity index (χ0v) is 11.2. The van der Waals surface area contributed by atoms with Crippen LogP contribution in [-0.2, 0) is 15.1 Å². The molecule has 0 aliphatic carbocycles. The lowest BCUT2D eigenvalue weighted by molar-refractivity contribution is -0.122. The van der Waals surface area contributed by atoms with Crippen LogP contribution >= 0.6 is 11.6 Å². The van der Waals surface area contributed by atoms with Gasteiger partial charge in [0.1, 0.15) is 5.60 Å². The van der Waals surface area contributed by atoms with Crippen molar-refractivity contribution in [1.82, 2.24) is 5.32 Å². The monoisotopic (exact) mass is 255 g/mol. The lowest BCUT2D eigenvalue weighted by Crippen LogP contribution is -2.39. The molecule has 0 radical (unpaired) electrons. The fourth-order valence-corrected chi connectivity index (χ4v) is 1.69. The van der Waals surface area contributed by atoms with E-state index >= 15 is 0 Å². The van der Waals surface area contributed by atoms with Crippen LogP contribution in [-0.4, -0.2) is 19.6 Å². The molecule has 1 amide bonds. The van der Waals surface area contributed by atoms with Gasteiger partial charge in [0.2, 0.25) is 5.91 Å². The fraction of sp³-hybridized carbons (Fsp3) is 0.462. The van der Waals surface area contributed by atoms with Crippen molar-refractivity contribution in [2.75, 3.05) is 13.7 Å². The minimum atomic E-state index is -0.560. The molecule has 17 heavy (non-hydrogen) atoms. The molecule has 3 nitrogen and oxygen atoms in total. The lowest BCUT2D eigenvalue weighted by atomic mass is 9.95. The molecule has 4 heteroatoms. The Kier molecular flexibility index (Phi) is 4.97. The summed E-state index contributed by atoms with van der Waals surface area (Å²) in [4.78, 5) is 11.3. The minimum absolute atomic E-state index is 0.00954. The molecule has 0 fully saturated rings. The molecule has 0 spiro atoms. The van der Waals surface area contributed by atoms with Gasteiger partial charge in [-0.3, -0.25) is 4.79 Å². The summed E-state index contributed by atoms with van der Waals surface area (Å²) < 4.78 is 5.50. The molecule has 0 bridgehead atoms. The number of benzene rings is 1. The van der Waals surface area contributed by atoms with Crippen LogP contribution in [0, 0.1) is 0 Å². The average molecular weight is 256 g/mol. The van der Waals surface area contributed by atoms with Gasteiger partial charge in [-0.2, -0.15) is 0 Å². The van der Waals surface area contributed by atoms with Crippen molar-refractivity contribution in [3.05, 3.63) is 34.9 Å². The highest BCUT2D eigenvalue weighted by atomic mass is 35.5. The molecule has 1 atom stereocenters. The number of methoxy groups -OCH3 is 1. The van der Waals surface area contributed by atoms with Gasteiger partial charge in [-0.15, -0.1) is 0 Å². The van der Waals surface area contributed by atoms with E-state index in [1.54, 1.807) is 7.11 Å². The number of ether oxygens (including phenoxy) is 1. The van der Waals surface area contributed by atoms with Gasteiger partial charge < -0.3 is 10.1 Å². The van der Waals surface area contributed by atoms with Gasteiger partial charge in [-0.1, -0.05) is 30.7 Å². The first kappa shape index (κ1) is 14.0. The van der Waals surface area contributed by atoms with E-state index in [1.165, 1.54) is 0 Å². The molecule has 1 aromatic carbocycles. The van der Waals surface area contributed by atoms with Crippen molar-refractivity contribution in [3.63, 3.8) is 0 Å². The van der Waals surface area contributed by atoms with Crippen LogP contribution in [0.25, 0.3) is 0 Å². The number of amides is 1. The van der Waals surface area contributed by atoms with E-state index in [9.17, 15) is 4.79 Å². The van der Waals surface area contributed by atoms with E-state index < -0.39 is 5.60 Å². The van der Waals surface area contributed by atoms with Gasteiger partial charge in [-0.25, -0.2) is 0 Å². The van der Waals surface area contributed by atoms with Crippen LogP contribution < -0.4 is 5.32 Å². The highest BCUT2D eigenvalue weighted by molar-refractivity contribution is 6.30. The smallest absolute Gasteiger partial charge is 0.219 e. The quantitative estimate of drug-likeness (QED) is 0.879. The molecule has 94 valence electrons. The first-order chi connectivity index (χ1) is 8.01. The number of carbonyl (C=O) groups is 1. The number of rotatable bonds is 5. The van der Waals surface area contributed by atoms with E-state index in [2.05, 4.69) is 5.32 Å². The van der Waals surface area contributed by atoms with Crippen molar-refractivity contribution in [1.29, 1.82) is 0 Å². The first-order valence-corrected chi connectivity index (χ1v) is 5.97. The summed E-state index contributed by atoms with van der Waals surface area (Å²) in [5.74, 6) is 0.00954. The Morgan fingerprint density at radius 3 is 2.76 bits per heavy atom. The molecular formula is C13H18ClNO2. The molecule has 0 aliphatic heterocycles. The van der Waals surface area contributed by atoms with Crippen molar-refractivity contribution < 1.29 is 9.53 Å². The van der Waals surface area contributed by atoms with E-state index in [-0.39, 0.29) is 5.91 Å². The molecule has 0 aromatic heterocycles. The van der Waals surface area contributed by atoms with Crippen LogP contribution in [0.15, 0.2) is 24.3 Å². The van der Waals surface area contributed by atoms with Gasteiger partial charge in [0, 0.05) is 18.6 Å². The van der Waals surface area contributed by atoms with E-state index in [1.807, 2.05) is 38.1 Å². The zero-order valence-electron chi connectivity index (χ0n) is 10.4. The summed E-state index contributed by atoms with van der Waals surface area (Å²) in [6.45, 7) is 4.17. The summed E-state index contributed by atoms with van der Waals surface area (Å²) in [5.41, 5.74) is 0.388. The van der Waals surface area contributed by atoms with E-state index in [4.69, 9.17) is 16.3 Å². The Labute approximate surface area is 107 Å². The predicted molar refractivity (Wildman–Crippen MR) is 69.1 cm³/mol. The maximum absolute atomic E-state index is 11.3. The van der Waals surface area contributed by atoms with Crippen LogP contribution in [0.4, 0.5) is 0 Å². The highest BCUT2D eigenvalue weighted by Gasteiger charge is 2.26. The minimum Gasteiger partial charge on any atom is -0.372 e. The molecule has 0 saturated heterocycles. The maximum atomic E-state index is 11.3. The van der Waals surface area contributed by atoms with Crippen LogP contribution in [0.2, 0.25) is 5.02 Å². The largest absolute Gasteiger partial charge is 0.372 e. The summed E-state index contributed by atoms with van der Waals surface area (Å²) in [7, 11) is 1.62. The molecule has 1 rings (SSSR count). The second-order valence-corrected chi connectivity index (χ2v) is 4.51. The third kappa shape index (κ3) is 3.72. The Morgan fingerprint density at radius 2 is 2.24 bits per heavy atom. The van der Waals surface area contributed by atoms with Crippen molar-refractivity contribution in [2.45, 2.75) is 25.9 Å². The van der Waals surface area contributed by atoms with Gasteiger partial charge in [0.25, 0.3) is 0 Å². The molecule has 1 aromatic rings. The Balaban J connectivity index is 2.84.